The lowest BCUT2D eigenvalue weighted by Crippen LogP contribution is -2.34. The molecule has 0 spiro atoms. The number of rotatable bonds is 8. The van der Waals surface area contributed by atoms with Crippen molar-refractivity contribution in [3.05, 3.63) is 33.8 Å². The normalized spacial score (nSPS) is 19.4. The number of halogens is 3. The molecule has 1 aromatic carbocycles. The number of methoxy groups -OCH3 is 1. The molecule has 124 valence electrons. The summed E-state index contributed by atoms with van der Waals surface area (Å²) in [5.74, 6) is 0.380. The van der Waals surface area contributed by atoms with Crippen LogP contribution in [0.4, 0.5) is 0 Å². The largest absolute Gasteiger partial charge is 0.383 e. The number of hydrogen-bond acceptors (Lipinski definition) is 3. The average Bonchev–Trinajstić information content (AvgIpc) is 3.22. The first kappa shape index (κ1) is 19.5. The number of hydrogen-bond donors (Lipinski definition) is 2. The molecule has 1 aliphatic carbocycles. The Kier molecular flexibility index (Phi) is 8.50. The highest BCUT2D eigenvalue weighted by Gasteiger charge is 2.43. The van der Waals surface area contributed by atoms with Crippen LogP contribution < -0.4 is 10.6 Å². The molecule has 0 heterocycles. The van der Waals surface area contributed by atoms with Crippen molar-refractivity contribution < 1.29 is 9.53 Å². The summed E-state index contributed by atoms with van der Waals surface area (Å²) in [6.07, 6.45) is 0.861. The van der Waals surface area contributed by atoms with Crippen molar-refractivity contribution in [1.29, 1.82) is 0 Å². The molecule has 1 aliphatic rings. The van der Waals surface area contributed by atoms with Gasteiger partial charge in [0.2, 0.25) is 5.91 Å². The van der Waals surface area contributed by atoms with Gasteiger partial charge in [-0.25, -0.2) is 0 Å². The Bertz CT molecular complexity index is 479. The summed E-state index contributed by atoms with van der Waals surface area (Å²) < 4.78 is 4.93. The Hall–Kier alpha value is -0.520. The summed E-state index contributed by atoms with van der Waals surface area (Å²) in [6.45, 7) is 2.84. The number of ether oxygens (including phenoxy) is 1. The van der Waals surface area contributed by atoms with Gasteiger partial charge in [-0.15, -0.1) is 12.4 Å². The lowest BCUT2D eigenvalue weighted by atomic mass is 10.1. The molecule has 1 aromatic rings. The molecular weight excluding hydrogens is 347 g/mol. The number of carbonyl (C=O) groups excluding carboxylic acids is 1. The number of amides is 1. The predicted molar refractivity (Wildman–Crippen MR) is 92.3 cm³/mol. The van der Waals surface area contributed by atoms with E-state index >= 15 is 0 Å². The fourth-order valence-corrected chi connectivity index (χ4v) is 2.89. The molecule has 4 nitrogen and oxygen atoms in total. The molecule has 2 N–H and O–H groups in total. The van der Waals surface area contributed by atoms with Crippen LogP contribution in [-0.2, 0) is 9.53 Å². The van der Waals surface area contributed by atoms with Gasteiger partial charge in [0, 0.05) is 42.7 Å². The summed E-state index contributed by atoms with van der Waals surface area (Å²) in [6, 6.07) is 5.48. The Labute approximate surface area is 147 Å². The monoisotopic (exact) mass is 366 g/mol. The maximum absolute atomic E-state index is 12.0. The lowest BCUT2D eigenvalue weighted by molar-refractivity contribution is -0.122. The van der Waals surface area contributed by atoms with Crippen LogP contribution in [0.15, 0.2) is 18.2 Å². The second-order valence-corrected chi connectivity index (χ2v) is 6.06. The summed E-state index contributed by atoms with van der Waals surface area (Å²) in [5.41, 5.74) is 1.05. The quantitative estimate of drug-likeness (QED) is 0.695. The maximum atomic E-state index is 12.0. The average molecular weight is 368 g/mol. The maximum Gasteiger partial charge on any atom is 0.223 e. The third-order valence-corrected chi connectivity index (χ3v) is 3.96. The minimum absolute atomic E-state index is 0. The van der Waals surface area contributed by atoms with Crippen LogP contribution in [0.5, 0.6) is 0 Å². The Balaban J connectivity index is 0.00000242. The Morgan fingerprint density at radius 1 is 1.23 bits per heavy atom. The van der Waals surface area contributed by atoms with E-state index in [4.69, 9.17) is 27.9 Å². The molecule has 0 radical (unpaired) electrons. The van der Waals surface area contributed by atoms with Gasteiger partial charge in [0.15, 0.2) is 0 Å². The van der Waals surface area contributed by atoms with Crippen LogP contribution in [0, 0.1) is 5.92 Å². The van der Waals surface area contributed by atoms with Gasteiger partial charge in [-0.3, -0.25) is 4.79 Å². The molecule has 22 heavy (non-hydrogen) atoms. The molecule has 0 aliphatic heterocycles. The van der Waals surface area contributed by atoms with Crippen molar-refractivity contribution in [2.75, 3.05) is 33.4 Å². The van der Waals surface area contributed by atoms with Gasteiger partial charge in [0.1, 0.15) is 0 Å². The van der Waals surface area contributed by atoms with E-state index in [1.165, 1.54) is 0 Å². The predicted octanol–water partition coefficient (Wildman–Crippen LogP) is 2.87. The highest BCUT2D eigenvalue weighted by Crippen LogP contribution is 2.48. The summed E-state index contributed by atoms with van der Waals surface area (Å²) in [7, 11) is 1.67. The van der Waals surface area contributed by atoms with Crippen molar-refractivity contribution in [3.63, 3.8) is 0 Å². The van der Waals surface area contributed by atoms with Crippen LogP contribution in [0.3, 0.4) is 0 Å². The van der Waals surface area contributed by atoms with Gasteiger partial charge in [-0.1, -0.05) is 23.2 Å². The van der Waals surface area contributed by atoms with Crippen molar-refractivity contribution in [1.82, 2.24) is 10.6 Å². The summed E-state index contributed by atoms with van der Waals surface area (Å²) >= 11 is 12.0. The molecule has 2 atom stereocenters. The lowest BCUT2D eigenvalue weighted by Gasteiger charge is -2.07. The van der Waals surface area contributed by atoms with E-state index in [9.17, 15) is 4.79 Å². The molecule has 7 heteroatoms. The molecule has 0 bridgehead atoms. The first-order valence-electron chi connectivity index (χ1n) is 7.05. The molecule has 1 amide bonds. The van der Waals surface area contributed by atoms with Gasteiger partial charge < -0.3 is 15.4 Å². The van der Waals surface area contributed by atoms with Crippen LogP contribution in [0.1, 0.15) is 17.9 Å². The third-order valence-electron chi connectivity index (χ3n) is 3.52. The number of carbonyl (C=O) groups is 1. The van der Waals surface area contributed by atoms with Crippen molar-refractivity contribution >= 4 is 41.5 Å². The highest BCUT2D eigenvalue weighted by atomic mass is 35.5. The van der Waals surface area contributed by atoms with Gasteiger partial charge in [0.05, 0.1) is 6.61 Å². The van der Waals surface area contributed by atoms with Crippen LogP contribution >= 0.6 is 35.6 Å². The molecule has 0 saturated heterocycles. The minimum Gasteiger partial charge on any atom is -0.383 e. The molecule has 2 unspecified atom stereocenters. The van der Waals surface area contributed by atoms with Gasteiger partial charge in [-0.2, -0.15) is 0 Å². The molecule has 1 saturated carbocycles. The third kappa shape index (κ3) is 5.94. The summed E-state index contributed by atoms with van der Waals surface area (Å²) in [4.78, 5) is 12.0. The van der Waals surface area contributed by atoms with E-state index in [2.05, 4.69) is 10.6 Å². The standard InChI is InChI=1S/C15H20Cl2N2O2.ClH/c1-21-5-4-18-2-3-19-15(20)14-9-13(14)10-6-11(16)8-12(17)7-10;/h6-8,13-14,18H,2-5,9H2,1H3,(H,19,20);1H. The van der Waals surface area contributed by atoms with E-state index in [-0.39, 0.29) is 30.2 Å². The van der Waals surface area contributed by atoms with Gasteiger partial charge in [0.25, 0.3) is 0 Å². The number of benzene rings is 1. The van der Waals surface area contributed by atoms with Crippen LogP contribution in [0.25, 0.3) is 0 Å². The second kappa shape index (κ2) is 9.58. The van der Waals surface area contributed by atoms with Crippen LogP contribution in [0.2, 0.25) is 10.0 Å². The zero-order valence-electron chi connectivity index (χ0n) is 12.4. The smallest absolute Gasteiger partial charge is 0.223 e. The second-order valence-electron chi connectivity index (χ2n) is 5.19. The van der Waals surface area contributed by atoms with E-state index in [0.29, 0.717) is 23.2 Å². The zero-order chi connectivity index (χ0) is 15.2. The highest BCUT2D eigenvalue weighted by molar-refractivity contribution is 6.34. The van der Waals surface area contributed by atoms with Crippen LogP contribution in [-0.4, -0.2) is 39.3 Å². The first-order valence-corrected chi connectivity index (χ1v) is 7.80. The Morgan fingerprint density at radius 3 is 2.55 bits per heavy atom. The Morgan fingerprint density at radius 2 is 1.91 bits per heavy atom. The van der Waals surface area contributed by atoms with E-state index in [0.717, 1.165) is 25.1 Å². The fourth-order valence-electron chi connectivity index (χ4n) is 2.35. The SMILES string of the molecule is COCCNCCNC(=O)C1CC1c1cc(Cl)cc(Cl)c1.Cl. The topological polar surface area (TPSA) is 50.4 Å². The number of nitrogens with one attached hydrogen (secondary N) is 2. The summed E-state index contributed by atoms with van der Waals surface area (Å²) in [5, 5.41) is 7.36. The molecule has 2 rings (SSSR count). The first-order chi connectivity index (χ1) is 10.1. The molecular formula is C15H21Cl3N2O2. The van der Waals surface area contributed by atoms with Gasteiger partial charge >= 0.3 is 0 Å². The van der Waals surface area contributed by atoms with E-state index in [1.807, 2.05) is 12.1 Å². The van der Waals surface area contributed by atoms with Crippen molar-refractivity contribution in [3.8, 4) is 0 Å². The molecule has 1 fully saturated rings. The van der Waals surface area contributed by atoms with Crippen molar-refractivity contribution in [2.24, 2.45) is 5.92 Å². The van der Waals surface area contributed by atoms with Crippen molar-refractivity contribution in [2.45, 2.75) is 12.3 Å². The van der Waals surface area contributed by atoms with E-state index in [1.54, 1.807) is 13.2 Å². The fraction of sp³-hybridized carbons (Fsp3) is 0.533. The van der Waals surface area contributed by atoms with E-state index < -0.39 is 0 Å². The zero-order valence-corrected chi connectivity index (χ0v) is 14.7. The minimum atomic E-state index is 0. The molecule has 0 aromatic heterocycles. The van der Waals surface area contributed by atoms with Gasteiger partial charge in [-0.05, 0) is 36.1 Å².